The molecule has 0 aromatic heterocycles. The third-order valence-electron chi connectivity index (χ3n) is 1.71. The standard InChI is InChI=1S/C8H18O3Si/c1-4-10-8(6-9,7(3)12)11-5-2/h6-7H,4-5H2,1-3,12H3. The van der Waals surface area contributed by atoms with Crippen molar-refractivity contribution in [3.8, 4) is 0 Å². The van der Waals surface area contributed by atoms with Crippen molar-refractivity contribution in [3.63, 3.8) is 0 Å². The van der Waals surface area contributed by atoms with Crippen molar-refractivity contribution >= 4 is 16.5 Å². The second-order valence-corrected chi connectivity index (χ2v) is 4.59. The predicted octanol–water partition coefficient (Wildman–Crippen LogP) is 0.128. The Kier molecular flexibility index (Phi) is 5.36. The first kappa shape index (κ1) is 11.8. The van der Waals surface area contributed by atoms with E-state index in [9.17, 15) is 4.79 Å². The Bertz CT molecular complexity index is 130. The number of ether oxygens (including phenoxy) is 2. The fraction of sp³-hybridized carbons (Fsp3) is 0.875. The van der Waals surface area contributed by atoms with Crippen LogP contribution in [0.25, 0.3) is 0 Å². The highest BCUT2D eigenvalue weighted by Crippen LogP contribution is 2.23. The summed E-state index contributed by atoms with van der Waals surface area (Å²) in [6.07, 6.45) is 0.775. The molecule has 0 aliphatic carbocycles. The van der Waals surface area contributed by atoms with Gasteiger partial charge in [0.25, 0.3) is 0 Å². The molecule has 0 rings (SSSR count). The molecule has 0 aliphatic rings. The Labute approximate surface area is 76.9 Å². The van der Waals surface area contributed by atoms with E-state index in [1.165, 1.54) is 0 Å². The first-order chi connectivity index (χ1) is 5.63. The Morgan fingerprint density at radius 2 is 1.83 bits per heavy atom. The van der Waals surface area contributed by atoms with Crippen LogP contribution in [0.3, 0.4) is 0 Å². The monoisotopic (exact) mass is 190 g/mol. The molecule has 0 aromatic carbocycles. The number of hydrogen-bond acceptors (Lipinski definition) is 3. The highest BCUT2D eigenvalue weighted by molar-refractivity contribution is 6.13. The summed E-state index contributed by atoms with van der Waals surface area (Å²) in [6, 6.07) is 0. The summed E-state index contributed by atoms with van der Waals surface area (Å²) in [4.78, 5) is 10.8. The van der Waals surface area contributed by atoms with Gasteiger partial charge in [-0.3, -0.25) is 4.79 Å². The maximum atomic E-state index is 10.8. The van der Waals surface area contributed by atoms with E-state index in [1.807, 2.05) is 20.8 Å². The van der Waals surface area contributed by atoms with Crippen LogP contribution in [0.15, 0.2) is 0 Å². The van der Waals surface area contributed by atoms with Crippen LogP contribution in [0.4, 0.5) is 0 Å². The summed E-state index contributed by atoms with van der Waals surface area (Å²) in [5.74, 6) is -0.976. The fourth-order valence-corrected chi connectivity index (χ4v) is 1.50. The Balaban J connectivity index is 4.38. The lowest BCUT2D eigenvalue weighted by Crippen LogP contribution is -2.41. The van der Waals surface area contributed by atoms with E-state index < -0.39 is 5.79 Å². The number of rotatable bonds is 6. The van der Waals surface area contributed by atoms with Gasteiger partial charge in [-0.2, -0.15) is 0 Å². The quantitative estimate of drug-likeness (QED) is 0.339. The molecule has 0 spiro atoms. The summed E-state index contributed by atoms with van der Waals surface area (Å²) in [6.45, 7) is 6.70. The zero-order chi connectivity index (χ0) is 9.61. The van der Waals surface area contributed by atoms with Crippen LogP contribution in [-0.4, -0.2) is 35.5 Å². The lowest BCUT2D eigenvalue weighted by Gasteiger charge is -2.31. The molecule has 4 heteroatoms. The smallest absolute Gasteiger partial charge is 0.225 e. The van der Waals surface area contributed by atoms with E-state index >= 15 is 0 Å². The molecule has 0 saturated heterocycles. The minimum absolute atomic E-state index is 0.176. The molecule has 3 nitrogen and oxygen atoms in total. The molecule has 0 amide bonds. The van der Waals surface area contributed by atoms with E-state index in [-0.39, 0.29) is 5.54 Å². The van der Waals surface area contributed by atoms with Crippen molar-refractivity contribution < 1.29 is 14.3 Å². The molecule has 12 heavy (non-hydrogen) atoms. The summed E-state index contributed by atoms with van der Waals surface area (Å²) < 4.78 is 10.7. The molecular weight excluding hydrogens is 172 g/mol. The van der Waals surface area contributed by atoms with Gasteiger partial charge in [0.05, 0.1) is 0 Å². The second kappa shape index (κ2) is 5.45. The molecule has 0 saturated carbocycles. The molecule has 72 valence electrons. The van der Waals surface area contributed by atoms with E-state index in [2.05, 4.69) is 0 Å². The van der Waals surface area contributed by atoms with Crippen molar-refractivity contribution in [2.45, 2.75) is 32.1 Å². The van der Waals surface area contributed by atoms with Crippen LogP contribution in [0.2, 0.25) is 5.54 Å². The molecule has 0 radical (unpaired) electrons. The summed E-state index contributed by atoms with van der Waals surface area (Å²) >= 11 is 0. The average Bonchev–Trinajstić information content (AvgIpc) is 2.03. The number of aldehydes is 1. The average molecular weight is 190 g/mol. The van der Waals surface area contributed by atoms with E-state index in [0.717, 1.165) is 16.5 Å². The van der Waals surface area contributed by atoms with Gasteiger partial charge in [0.15, 0.2) is 6.29 Å². The zero-order valence-electron chi connectivity index (χ0n) is 8.29. The first-order valence-corrected chi connectivity index (χ1v) is 5.52. The van der Waals surface area contributed by atoms with Gasteiger partial charge in [0.2, 0.25) is 5.79 Å². The van der Waals surface area contributed by atoms with Crippen molar-refractivity contribution in [2.24, 2.45) is 0 Å². The van der Waals surface area contributed by atoms with E-state index in [4.69, 9.17) is 9.47 Å². The van der Waals surface area contributed by atoms with Crippen molar-refractivity contribution in [1.29, 1.82) is 0 Å². The van der Waals surface area contributed by atoms with Gasteiger partial charge < -0.3 is 9.47 Å². The van der Waals surface area contributed by atoms with Gasteiger partial charge in [-0.1, -0.05) is 6.92 Å². The minimum Gasteiger partial charge on any atom is -0.344 e. The Morgan fingerprint density at radius 1 is 1.42 bits per heavy atom. The predicted molar refractivity (Wildman–Crippen MR) is 51.4 cm³/mol. The van der Waals surface area contributed by atoms with Crippen molar-refractivity contribution in [1.82, 2.24) is 0 Å². The summed E-state index contributed by atoms with van der Waals surface area (Å²) in [5, 5.41) is 0. The third-order valence-corrected chi connectivity index (χ3v) is 2.51. The van der Waals surface area contributed by atoms with Gasteiger partial charge in [-0.15, -0.1) is 0 Å². The number of carbonyl (C=O) groups is 1. The Hall–Kier alpha value is -0.193. The molecule has 0 N–H and O–H groups in total. The number of carbonyl (C=O) groups excluding carboxylic acids is 1. The van der Waals surface area contributed by atoms with Crippen LogP contribution >= 0.6 is 0 Å². The van der Waals surface area contributed by atoms with Crippen molar-refractivity contribution in [2.75, 3.05) is 13.2 Å². The molecule has 0 aliphatic heterocycles. The van der Waals surface area contributed by atoms with Crippen LogP contribution in [-0.2, 0) is 14.3 Å². The van der Waals surface area contributed by atoms with Gasteiger partial charge in [-0.25, -0.2) is 0 Å². The lowest BCUT2D eigenvalue weighted by molar-refractivity contribution is -0.215. The molecule has 0 fully saturated rings. The second-order valence-electron chi connectivity index (χ2n) is 2.86. The van der Waals surface area contributed by atoms with Crippen LogP contribution < -0.4 is 0 Å². The maximum Gasteiger partial charge on any atom is 0.225 e. The molecule has 1 unspecified atom stereocenters. The summed E-state index contributed by atoms with van der Waals surface area (Å²) in [5.41, 5.74) is 0.176. The van der Waals surface area contributed by atoms with E-state index in [0.29, 0.717) is 13.2 Å². The normalized spacial score (nSPS) is 14.6. The first-order valence-electron chi connectivity index (χ1n) is 4.37. The largest absolute Gasteiger partial charge is 0.344 e. The highest BCUT2D eigenvalue weighted by atomic mass is 28.1. The van der Waals surface area contributed by atoms with Gasteiger partial charge in [0, 0.05) is 29.0 Å². The number of hydrogen-bond donors (Lipinski definition) is 0. The van der Waals surface area contributed by atoms with Crippen LogP contribution in [0, 0.1) is 0 Å². The summed E-state index contributed by atoms with van der Waals surface area (Å²) in [7, 11) is 0.883. The molecule has 0 aromatic rings. The fourth-order valence-electron chi connectivity index (χ4n) is 1.03. The molecule has 1 atom stereocenters. The topological polar surface area (TPSA) is 35.5 Å². The van der Waals surface area contributed by atoms with Gasteiger partial charge in [0.1, 0.15) is 0 Å². The van der Waals surface area contributed by atoms with Crippen molar-refractivity contribution in [3.05, 3.63) is 0 Å². The third kappa shape index (κ3) is 2.69. The van der Waals surface area contributed by atoms with E-state index in [1.54, 1.807) is 0 Å². The molecule has 0 bridgehead atoms. The lowest BCUT2D eigenvalue weighted by atomic mass is 10.2. The maximum absolute atomic E-state index is 10.8. The highest BCUT2D eigenvalue weighted by Gasteiger charge is 2.34. The van der Waals surface area contributed by atoms with Crippen LogP contribution in [0.5, 0.6) is 0 Å². The zero-order valence-corrected chi connectivity index (χ0v) is 10.3. The Morgan fingerprint density at radius 3 is 2.00 bits per heavy atom. The molecule has 0 heterocycles. The van der Waals surface area contributed by atoms with Crippen LogP contribution in [0.1, 0.15) is 20.8 Å². The minimum atomic E-state index is -0.976. The van der Waals surface area contributed by atoms with Gasteiger partial charge >= 0.3 is 0 Å². The SMILES string of the molecule is CCOC(C=O)(OCC)C(C)[SiH3]. The molecular formula is C8H18O3Si. The van der Waals surface area contributed by atoms with Gasteiger partial charge in [-0.05, 0) is 13.8 Å².